The van der Waals surface area contributed by atoms with E-state index < -0.39 is 11.9 Å². The summed E-state index contributed by atoms with van der Waals surface area (Å²) >= 11 is 0. The molecule has 2 N–H and O–H groups in total. The van der Waals surface area contributed by atoms with Crippen molar-refractivity contribution in [3.8, 4) is 0 Å². The zero-order valence-corrected chi connectivity index (χ0v) is 19.8. The van der Waals surface area contributed by atoms with Crippen LogP contribution < -0.4 is 29.6 Å². The molecule has 0 saturated carbocycles. The van der Waals surface area contributed by atoms with Crippen molar-refractivity contribution in [2.45, 2.75) is 116 Å². The van der Waals surface area contributed by atoms with Gasteiger partial charge in [0.1, 0.15) is 0 Å². The predicted molar refractivity (Wildman–Crippen MR) is 109 cm³/mol. The van der Waals surface area contributed by atoms with Gasteiger partial charge in [0.2, 0.25) is 0 Å². The van der Waals surface area contributed by atoms with Gasteiger partial charge in [0.15, 0.2) is 0 Å². The molecular weight excluding hydrogens is 351 g/mol. The van der Waals surface area contributed by atoms with Crippen molar-refractivity contribution in [3.63, 3.8) is 0 Å². The van der Waals surface area contributed by atoms with Crippen molar-refractivity contribution < 1.29 is 50.8 Å². The van der Waals surface area contributed by atoms with Crippen molar-refractivity contribution in [3.05, 3.63) is 11.6 Å². The summed E-state index contributed by atoms with van der Waals surface area (Å²) in [5, 5.41) is 17.5. The first-order valence-electron chi connectivity index (χ1n) is 10.7. The van der Waals surface area contributed by atoms with Gasteiger partial charge in [-0.15, -0.1) is 0 Å². The maximum atomic E-state index is 10.9. The second-order valence-electron chi connectivity index (χ2n) is 7.37. The van der Waals surface area contributed by atoms with E-state index in [2.05, 4.69) is 6.92 Å². The zero-order valence-electron chi connectivity index (χ0n) is 18.8. The van der Waals surface area contributed by atoms with Crippen LogP contribution in [0.2, 0.25) is 0 Å². The van der Waals surface area contributed by atoms with Gasteiger partial charge in [-0.05, 0) is 12.8 Å². The van der Waals surface area contributed by atoms with E-state index in [1.807, 2.05) is 0 Å². The number of unbranched alkanes of at least 4 members (excludes halogenated alkanes) is 15. The topological polar surface area (TPSA) is 74.6 Å². The summed E-state index contributed by atoms with van der Waals surface area (Å²) in [5.41, 5.74) is 0.00265. The molecule has 0 atom stereocenters. The Kier molecular flexibility index (Phi) is 23.5. The van der Waals surface area contributed by atoms with Gasteiger partial charge in [-0.25, -0.2) is 9.59 Å². The third-order valence-electron chi connectivity index (χ3n) is 4.87. The number of carboxylic acid groups (broad SMARTS) is 2. The van der Waals surface area contributed by atoms with E-state index in [9.17, 15) is 9.59 Å². The molecule has 27 heavy (non-hydrogen) atoms. The first kappa shape index (κ1) is 28.9. The first-order valence-corrected chi connectivity index (χ1v) is 10.7. The standard InChI is InChI=1S/C22H40O4.Na.H/c1-2-3-4-5-6-7-8-9-10-11-12-13-14-15-16-17-18-20(22(25)26)19-21(23)24;;/h19H,2-18H2,1H3,(H,23,24)(H,25,26);;/q;+1;-1/b20-19-;;. The molecule has 0 aliphatic heterocycles. The Balaban J connectivity index is -0.00000312. The molecule has 0 heterocycles. The second kappa shape index (κ2) is 22.0. The molecule has 0 radical (unpaired) electrons. The zero-order chi connectivity index (χ0) is 19.5. The minimum Gasteiger partial charge on any atom is -1.00 e. The van der Waals surface area contributed by atoms with E-state index in [1.165, 1.54) is 83.5 Å². The number of carboxylic acids is 2. The smallest absolute Gasteiger partial charge is 1.00 e. The number of carbonyl (C=O) groups is 2. The van der Waals surface area contributed by atoms with E-state index in [4.69, 9.17) is 10.2 Å². The quantitative estimate of drug-likeness (QED) is 0.199. The van der Waals surface area contributed by atoms with Crippen LogP contribution in [-0.4, -0.2) is 22.2 Å². The van der Waals surface area contributed by atoms with Gasteiger partial charge < -0.3 is 11.6 Å². The maximum Gasteiger partial charge on any atom is 1.00 e. The number of rotatable bonds is 19. The SMILES string of the molecule is CCCCCCCCCCCCCCCCCC/C(=C/C(=O)O)C(=O)O.[H-].[Na+]. The molecule has 0 unspecified atom stereocenters. The Morgan fingerprint density at radius 2 is 1.00 bits per heavy atom. The molecule has 4 nitrogen and oxygen atoms in total. The third-order valence-corrected chi connectivity index (χ3v) is 4.87. The monoisotopic (exact) mass is 392 g/mol. The molecule has 0 spiro atoms. The molecule has 0 bridgehead atoms. The molecule has 0 rings (SSSR count). The molecule has 0 aliphatic carbocycles. The second-order valence-corrected chi connectivity index (χ2v) is 7.37. The van der Waals surface area contributed by atoms with Crippen LogP contribution >= 0.6 is 0 Å². The average Bonchev–Trinajstić information content (AvgIpc) is 2.59. The van der Waals surface area contributed by atoms with Crippen molar-refractivity contribution in [1.29, 1.82) is 0 Å². The minimum absolute atomic E-state index is 0. The summed E-state index contributed by atoms with van der Waals surface area (Å²) in [6, 6.07) is 0. The molecule has 154 valence electrons. The fraction of sp³-hybridized carbons (Fsp3) is 0.818. The molecule has 0 aromatic carbocycles. The van der Waals surface area contributed by atoms with Gasteiger partial charge in [-0.2, -0.15) is 0 Å². The summed E-state index contributed by atoms with van der Waals surface area (Å²) in [6.45, 7) is 2.26. The molecule has 0 amide bonds. The van der Waals surface area contributed by atoms with Gasteiger partial charge >= 0.3 is 41.5 Å². The summed E-state index contributed by atoms with van der Waals surface area (Å²) in [6.07, 6.45) is 21.6. The van der Waals surface area contributed by atoms with Crippen LogP contribution in [0.15, 0.2) is 11.6 Å². The van der Waals surface area contributed by atoms with Crippen LogP contribution in [0.1, 0.15) is 118 Å². The van der Waals surface area contributed by atoms with Crippen LogP contribution in [0.4, 0.5) is 0 Å². The van der Waals surface area contributed by atoms with Gasteiger partial charge in [-0.1, -0.05) is 103 Å². The van der Waals surface area contributed by atoms with Crippen molar-refractivity contribution in [2.75, 3.05) is 0 Å². The number of hydrogen-bond donors (Lipinski definition) is 2. The number of hydrogen-bond acceptors (Lipinski definition) is 2. The summed E-state index contributed by atoms with van der Waals surface area (Å²) in [5.74, 6) is -2.30. The van der Waals surface area contributed by atoms with Crippen molar-refractivity contribution in [2.24, 2.45) is 0 Å². The summed E-state index contributed by atoms with van der Waals surface area (Å²) < 4.78 is 0. The molecule has 0 aromatic rings. The summed E-state index contributed by atoms with van der Waals surface area (Å²) in [7, 11) is 0. The largest absolute Gasteiger partial charge is 1.00 e. The first-order chi connectivity index (χ1) is 12.6. The summed E-state index contributed by atoms with van der Waals surface area (Å²) in [4.78, 5) is 21.4. The molecule has 0 fully saturated rings. The van der Waals surface area contributed by atoms with E-state index in [1.54, 1.807) is 0 Å². The molecule has 0 aromatic heterocycles. The van der Waals surface area contributed by atoms with E-state index in [0.29, 0.717) is 6.42 Å². The van der Waals surface area contributed by atoms with Crippen LogP contribution in [-0.2, 0) is 9.59 Å². The average molecular weight is 393 g/mol. The van der Waals surface area contributed by atoms with Gasteiger partial charge in [0, 0.05) is 11.6 Å². The van der Waals surface area contributed by atoms with Gasteiger partial charge in [-0.3, -0.25) is 0 Å². The molecule has 0 saturated heterocycles. The Bertz CT molecular complexity index is 400. The van der Waals surface area contributed by atoms with Gasteiger partial charge in [0.05, 0.1) is 0 Å². The van der Waals surface area contributed by atoms with Crippen LogP contribution in [0.5, 0.6) is 0 Å². The number of aliphatic carboxylic acids is 2. The Hall–Kier alpha value is -0.320. The Labute approximate surface area is 190 Å². The van der Waals surface area contributed by atoms with Crippen molar-refractivity contribution >= 4 is 11.9 Å². The van der Waals surface area contributed by atoms with Crippen molar-refractivity contribution in [1.82, 2.24) is 0 Å². The van der Waals surface area contributed by atoms with Gasteiger partial charge in [0.25, 0.3) is 0 Å². The fourth-order valence-electron chi connectivity index (χ4n) is 3.25. The van der Waals surface area contributed by atoms with E-state index in [-0.39, 0.29) is 36.6 Å². The van der Waals surface area contributed by atoms with Crippen LogP contribution in [0.3, 0.4) is 0 Å². The van der Waals surface area contributed by atoms with E-state index >= 15 is 0 Å². The molecule has 0 aliphatic rings. The minimum atomic E-state index is -1.18. The van der Waals surface area contributed by atoms with Crippen LogP contribution in [0, 0.1) is 0 Å². The predicted octanol–water partition coefficient (Wildman–Crippen LogP) is 3.85. The maximum absolute atomic E-state index is 10.9. The Morgan fingerprint density at radius 3 is 1.30 bits per heavy atom. The van der Waals surface area contributed by atoms with E-state index in [0.717, 1.165) is 25.3 Å². The molecule has 5 heteroatoms. The normalized spacial score (nSPS) is 11.2. The van der Waals surface area contributed by atoms with Crippen LogP contribution in [0.25, 0.3) is 0 Å². The molecular formula is C22H41NaO4. The third kappa shape index (κ3) is 21.8. The Morgan fingerprint density at radius 1 is 0.667 bits per heavy atom. The fourth-order valence-corrected chi connectivity index (χ4v) is 3.25.